The number of morpholine rings is 1. The first-order valence-corrected chi connectivity index (χ1v) is 10.1. The first-order valence-electron chi connectivity index (χ1n) is 10.1. The topological polar surface area (TPSA) is 70.2 Å². The molecule has 3 amide bonds. The van der Waals surface area contributed by atoms with Gasteiger partial charge in [-0.1, -0.05) is 43.7 Å². The summed E-state index contributed by atoms with van der Waals surface area (Å²) < 4.78 is 5.23. The van der Waals surface area contributed by atoms with E-state index in [0.717, 1.165) is 18.4 Å². The van der Waals surface area contributed by atoms with E-state index in [1.165, 1.54) is 0 Å². The average Bonchev–Trinajstić information content (AvgIpc) is 2.77. The highest BCUT2D eigenvalue weighted by Gasteiger charge is 2.33. The van der Waals surface area contributed by atoms with Crippen LogP contribution in [0, 0.1) is 0 Å². The summed E-state index contributed by atoms with van der Waals surface area (Å²) >= 11 is 0. The SMILES string of the molecule is CCCC(C(=O)N1CCN(C(=O)C(=O)N2CCOCC2)CC1)c1ccccc1. The fraction of sp³-hybridized carbons (Fsp3) is 0.571. The molecule has 28 heavy (non-hydrogen) atoms. The lowest BCUT2D eigenvalue weighted by Gasteiger charge is -2.37. The van der Waals surface area contributed by atoms with Crippen molar-refractivity contribution in [1.29, 1.82) is 0 Å². The number of piperazine rings is 1. The van der Waals surface area contributed by atoms with Crippen LogP contribution in [-0.2, 0) is 19.1 Å². The Kier molecular flexibility index (Phi) is 7.03. The lowest BCUT2D eigenvalue weighted by atomic mass is 9.93. The van der Waals surface area contributed by atoms with E-state index in [0.29, 0.717) is 52.5 Å². The highest BCUT2D eigenvalue weighted by molar-refractivity contribution is 6.34. The molecular formula is C21H29N3O4. The van der Waals surface area contributed by atoms with Gasteiger partial charge >= 0.3 is 11.8 Å². The van der Waals surface area contributed by atoms with Gasteiger partial charge < -0.3 is 19.4 Å². The van der Waals surface area contributed by atoms with Crippen molar-refractivity contribution in [2.75, 3.05) is 52.5 Å². The van der Waals surface area contributed by atoms with Gasteiger partial charge in [0.1, 0.15) is 0 Å². The number of hydrogen-bond donors (Lipinski definition) is 0. The van der Waals surface area contributed by atoms with Gasteiger partial charge in [-0.05, 0) is 12.0 Å². The molecule has 3 rings (SSSR count). The van der Waals surface area contributed by atoms with Gasteiger partial charge in [0.15, 0.2) is 0 Å². The van der Waals surface area contributed by atoms with Gasteiger partial charge in [0, 0.05) is 39.3 Å². The Bertz CT molecular complexity index is 680. The first kappa shape index (κ1) is 20.3. The summed E-state index contributed by atoms with van der Waals surface area (Å²) in [5.74, 6) is -0.971. The summed E-state index contributed by atoms with van der Waals surface area (Å²) in [7, 11) is 0. The van der Waals surface area contributed by atoms with Crippen LogP contribution in [0.2, 0.25) is 0 Å². The molecule has 1 aromatic rings. The number of amides is 3. The summed E-state index contributed by atoms with van der Waals surface area (Å²) in [4.78, 5) is 42.9. The van der Waals surface area contributed by atoms with E-state index in [1.54, 1.807) is 9.80 Å². The molecule has 0 bridgehead atoms. The average molecular weight is 387 g/mol. The van der Waals surface area contributed by atoms with Crippen LogP contribution in [0.15, 0.2) is 30.3 Å². The molecule has 1 unspecified atom stereocenters. The predicted molar refractivity (Wildman–Crippen MR) is 105 cm³/mol. The molecule has 1 atom stereocenters. The van der Waals surface area contributed by atoms with Crippen LogP contribution in [0.5, 0.6) is 0 Å². The third-order valence-corrected chi connectivity index (χ3v) is 5.44. The van der Waals surface area contributed by atoms with Crippen LogP contribution < -0.4 is 0 Å². The number of ether oxygens (including phenoxy) is 1. The van der Waals surface area contributed by atoms with Gasteiger partial charge in [0.25, 0.3) is 0 Å². The number of nitrogens with zero attached hydrogens (tertiary/aromatic N) is 3. The van der Waals surface area contributed by atoms with Crippen molar-refractivity contribution in [3.63, 3.8) is 0 Å². The second-order valence-electron chi connectivity index (χ2n) is 7.27. The van der Waals surface area contributed by atoms with Crippen molar-refractivity contribution in [2.24, 2.45) is 0 Å². The standard InChI is InChI=1S/C21H29N3O4/c1-2-6-18(17-7-4-3-5-8-17)19(25)22-9-11-23(12-10-22)20(26)21(27)24-13-15-28-16-14-24/h3-5,7-8,18H,2,6,9-16H2,1H3. The van der Waals surface area contributed by atoms with Crippen molar-refractivity contribution in [3.8, 4) is 0 Å². The summed E-state index contributed by atoms with van der Waals surface area (Å²) in [5, 5.41) is 0. The molecule has 2 aliphatic rings. The molecule has 0 spiro atoms. The van der Waals surface area contributed by atoms with Crippen LogP contribution in [-0.4, -0.2) is 84.9 Å². The summed E-state index contributed by atoms with van der Waals surface area (Å²) in [6, 6.07) is 9.86. The highest BCUT2D eigenvalue weighted by Crippen LogP contribution is 2.24. The van der Waals surface area contributed by atoms with Crippen LogP contribution >= 0.6 is 0 Å². The maximum absolute atomic E-state index is 13.1. The Hall–Kier alpha value is -2.41. The predicted octanol–water partition coefficient (Wildman–Crippen LogP) is 1.10. The highest BCUT2D eigenvalue weighted by atomic mass is 16.5. The van der Waals surface area contributed by atoms with Crippen LogP contribution in [0.1, 0.15) is 31.2 Å². The van der Waals surface area contributed by atoms with Gasteiger partial charge in [-0.3, -0.25) is 14.4 Å². The minimum absolute atomic E-state index is 0.111. The van der Waals surface area contributed by atoms with Crippen molar-refractivity contribution < 1.29 is 19.1 Å². The van der Waals surface area contributed by atoms with E-state index >= 15 is 0 Å². The van der Waals surface area contributed by atoms with Gasteiger partial charge in [-0.15, -0.1) is 0 Å². The molecule has 2 heterocycles. The normalized spacial score (nSPS) is 18.7. The summed E-state index contributed by atoms with van der Waals surface area (Å²) in [6.45, 7) is 5.67. The lowest BCUT2D eigenvalue weighted by molar-refractivity contribution is -0.155. The van der Waals surface area contributed by atoms with Gasteiger partial charge in [-0.2, -0.15) is 0 Å². The Labute approximate surface area is 166 Å². The third-order valence-electron chi connectivity index (χ3n) is 5.44. The Balaban J connectivity index is 1.57. The van der Waals surface area contributed by atoms with Gasteiger partial charge in [0.05, 0.1) is 19.1 Å². The monoisotopic (exact) mass is 387 g/mol. The number of rotatable bonds is 4. The molecule has 0 N–H and O–H groups in total. The zero-order chi connectivity index (χ0) is 19.9. The number of hydrogen-bond acceptors (Lipinski definition) is 4. The molecule has 2 fully saturated rings. The zero-order valence-electron chi connectivity index (χ0n) is 16.5. The fourth-order valence-electron chi connectivity index (χ4n) is 3.79. The number of carbonyl (C=O) groups is 3. The minimum Gasteiger partial charge on any atom is -0.378 e. The number of benzene rings is 1. The van der Waals surface area contributed by atoms with Crippen LogP contribution in [0.3, 0.4) is 0 Å². The molecule has 7 nitrogen and oxygen atoms in total. The minimum atomic E-state index is -0.470. The molecular weight excluding hydrogens is 358 g/mol. The second-order valence-corrected chi connectivity index (χ2v) is 7.27. The molecule has 2 saturated heterocycles. The molecule has 0 aromatic heterocycles. The van der Waals surface area contributed by atoms with E-state index in [1.807, 2.05) is 35.2 Å². The number of carbonyl (C=O) groups excluding carboxylic acids is 3. The maximum atomic E-state index is 13.1. The van der Waals surface area contributed by atoms with Crippen LogP contribution in [0.25, 0.3) is 0 Å². The molecule has 1 aromatic carbocycles. The fourth-order valence-corrected chi connectivity index (χ4v) is 3.79. The molecule has 2 aliphatic heterocycles. The van der Waals surface area contributed by atoms with Crippen molar-refractivity contribution in [3.05, 3.63) is 35.9 Å². The van der Waals surface area contributed by atoms with Gasteiger partial charge in [0.2, 0.25) is 5.91 Å². The first-order chi connectivity index (χ1) is 13.6. The quantitative estimate of drug-likeness (QED) is 0.726. The van der Waals surface area contributed by atoms with E-state index in [2.05, 4.69) is 6.92 Å². The van der Waals surface area contributed by atoms with Gasteiger partial charge in [-0.25, -0.2) is 0 Å². The Morgan fingerprint density at radius 2 is 1.39 bits per heavy atom. The van der Waals surface area contributed by atoms with Crippen molar-refractivity contribution >= 4 is 17.7 Å². The van der Waals surface area contributed by atoms with E-state index in [-0.39, 0.29) is 11.8 Å². The molecule has 0 radical (unpaired) electrons. The molecule has 0 aliphatic carbocycles. The largest absolute Gasteiger partial charge is 0.378 e. The molecule has 7 heteroatoms. The van der Waals surface area contributed by atoms with Crippen molar-refractivity contribution in [1.82, 2.24) is 14.7 Å². The van der Waals surface area contributed by atoms with E-state index in [4.69, 9.17) is 4.74 Å². The third kappa shape index (κ3) is 4.70. The maximum Gasteiger partial charge on any atom is 0.312 e. The Morgan fingerprint density at radius 3 is 1.96 bits per heavy atom. The molecule has 152 valence electrons. The second kappa shape index (κ2) is 9.68. The summed E-state index contributed by atoms with van der Waals surface area (Å²) in [5.41, 5.74) is 1.04. The zero-order valence-corrected chi connectivity index (χ0v) is 16.5. The summed E-state index contributed by atoms with van der Waals surface area (Å²) in [6.07, 6.45) is 1.73. The molecule has 0 saturated carbocycles. The lowest BCUT2D eigenvalue weighted by Crippen LogP contribution is -2.56. The smallest absolute Gasteiger partial charge is 0.312 e. The van der Waals surface area contributed by atoms with E-state index in [9.17, 15) is 14.4 Å². The van der Waals surface area contributed by atoms with Crippen molar-refractivity contribution in [2.45, 2.75) is 25.7 Å². The van der Waals surface area contributed by atoms with E-state index < -0.39 is 11.8 Å². The Morgan fingerprint density at radius 1 is 0.857 bits per heavy atom. The van der Waals surface area contributed by atoms with Crippen LogP contribution in [0.4, 0.5) is 0 Å².